The number of hydrogen-bond acceptors (Lipinski definition) is 3. The summed E-state index contributed by atoms with van der Waals surface area (Å²) in [6.07, 6.45) is 0.272. The van der Waals surface area contributed by atoms with E-state index in [1.807, 2.05) is 6.92 Å². The van der Waals surface area contributed by atoms with Crippen LogP contribution in [0.4, 0.5) is 16.2 Å². The lowest BCUT2D eigenvalue weighted by Crippen LogP contribution is -2.28. The van der Waals surface area contributed by atoms with Crippen LogP contribution < -0.4 is 21.7 Å². The molecular formula is C12H18N4O2. The van der Waals surface area contributed by atoms with Crippen molar-refractivity contribution in [3.05, 3.63) is 24.3 Å². The zero-order valence-electron chi connectivity index (χ0n) is 10.3. The van der Waals surface area contributed by atoms with Crippen LogP contribution in [0.25, 0.3) is 0 Å². The zero-order valence-corrected chi connectivity index (χ0v) is 10.3. The molecular weight excluding hydrogens is 232 g/mol. The van der Waals surface area contributed by atoms with Gasteiger partial charge >= 0.3 is 6.03 Å². The minimum absolute atomic E-state index is 0.146. The molecule has 1 rings (SSSR count). The standard InChI is InChI=1S/C12H18N4O2/c1-2-14-12(18)16-10-5-3-4-9(8-10)15-11(17)6-7-13/h3-5,8H,2,6-7,13H2,1H3,(H,15,17)(H2,14,16,18). The number of rotatable bonds is 5. The minimum atomic E-state index is -0.275. The Bertz CT molecular complexity index is 385. The molecule has 0 spiro atoms. The van der Waals surface area contributed by atoms with E-state index in [-0.39, 0.29) is 18.4 Å². The predicted molar refractivity (Wildman–Crippen MR) is 71.4 cm³/mol. The third kappa shape index (κ3) is 4.84. The molecule has 0 saturated carbocycles. The van der Waals surface area contributed by atoms with Gasteiger partial charge < -0.3 is 21.7 Å². The Morgan fingerprint density at radius 1 is 1.22 bits per heavy atom. The van der Waals surface area contributed by atoms with Crippen LogP contribution in [0.3, 0.4) is 0 Å². The first-order valence-corrected chi connectivity index (χ1v) is 5.80. The van der Waals surface area contributed by atoms with Crippen LogP contribution in [0.2, 0.25) is 0 Å². The molecule has 0 aliphatic heterocycles. The quantitative estimate of drug-likeness (QED) is 0.630. The van der Waals surface area contributed by atoms with E-state index in [4.69, 9.17) is 5.73 Å². The number of hydrogen-bond donors (Lipinski definition) is 4. The summed E-state index contributed by atoms with van der Waals surface area (Å²) in [4.78, 5) is 22.7. The number of nitrogens with one attached hydrogen (secondary N) is 3. The second-order valence-electron chi connectivity index (χ2n) is 3.65. The number of anilines is 2. The molecule has 1 aromatic carbocycles. The SMILES string of the molecule is CCNC(=O)Nc1cccc(NC(=O)CCN)c1. The summed E-state index contributed by atoms with van der Waals surface area (Å²) in [5.41, 5.74) is 6.53. The molecule has 0 aliphatic carbocycles. The van der Waals surface area contributed by atoms with Gasteiger partial charge in [-0.2, -0.15) is 0 Å². The number of carbonyl (C=O) groups is 2. The van der Waals surface area contributed by atoms with Crippen molar-refractivity contribution in [2.45, 2.75) is 13.3 Å². The summed E-state index contributed by atoms with van der Waals surface area (Å²) in [7, 11) is 0. The third-order valence-corrected chi connectivity index (χ3v) is 2.11. The van der Waals surface area contributed by atoms with Crippen LogP contribution in [0, 0.1) is 0 Å². The highest BCUT2D eigenvalue weighted by Crippen LogP contribution is 2.15. The van der Waals surface area contributed by atoms with Crippen molar-refractivity contribution in [3.63, 3.8) is 0 Å². The molecule has 0 unspecified atom stereocenters. The predicted octanol–water partition coefficient (Wildman–Crippen LogP) is 1.12. The van der Waals surface area contributed by atoms with E-state index in [9.17, 15) is 9.59 Å². The second-order valence-corrected chi connectivity index (χ2v) is 3.65. The molecule has 0 bridgehead atoms. The summed E-state index contributed by atoms with van der Waals surface area (Å²) in [6.45, 7) is 2.70. The number of carbonyl (C=O) groups excluding carboxylic acids is 2. The molecule has 0 heterocycles. The molecule has 5 N–H and O–H groups in total. The Morgan fingerprint density at radius 2 is 1.89 bits per heavy atom. The molecule has 1 aromatic rings. The van der Waals surface area contributed by atoms with E-state index in [0.29, 0.717) is 24.5 Å². The van der Waals surface area contributed by atoms with Gasteiger partial charge in [0.2, 0.25) is 5.91 Å². The Morgan fingerprint density at radius 3 is 2.50 bits per heavy atom. The Hall–Kier alpha value is -2.08. The highest BCUT2D eigenvalue weighted by molar-refractivity contribution is 5.93. The summed E-state index contributed by atoms with van der Waals surface area (Å²) in [5.74, 6) is -0.146. The van der Waals surface area contributed by atoms with Crippen molar-refractivity contribution in [1.82, 2.24) is 5.32 Å². The van der Waals surface area contributed by atoms with E-state index in [0.717, 1.165) is 0 Å². The second kappa shape index (κ2) is 7.29. The lowest BCUT2D eigenvalue weighted by molar-refractivity contribution is -0.116. The molecule has 6 nitrogen and oxygen atoms in total. The maximum atomic E-state index is 11.4. The number of amides is 3. The lowest BCUT2D eigenvalue weighted by Gasteiger charge is -2.08. The van der Waals surface area contributed by atoms with Gasteiger partial charge in [0.25, 0.3) is 0 Å². The number of urea groups is 1. The van der Waals surface area contributed by atoms with Crippen molar-refractivity contribution in [2.24, 2.45) is 5.73 Å². The van der Waals surface area contributed by atoms with Crippen molar-refractivity contribution >= 4 is 23.3 Å². The molecule has 0 aliphatic rings. The Balaban J connectivity index is 2.61. The van der Waals surface area contributed by atoms with Crippen LogP contribution in [0.1, 0.15) is 13.3 Å². The first-order valence-electron chi connectivity index (χ1n) is 5.80. The largest absolute Gasteiger partial charge is 0.338 e. The monoisotopic (exact) mass is 250 g/mol. The number of benzene rings is 1. The van der Waals surface area contributed by atoms with Crippen molar-refractivity contribution in [1.29, 1.82) is 0 Å². The molecule has 0 atom stereocenters. The normalized spacial score (nSPS) is 9.67. The van der Waals surface area contributed by atoms with Gasteiger partial charge in [-0.25, -0.2) is 4.79 Å². The van der Waals surface area contributed by atoms with Crippen LogP contribution in [0.5, 0.6) is 0 Å². The fraction of sp³-hybridized carbons (Fsp3) is 0.333. The zero-order chi connectivity index (χ0) is 13.4. The smallest absolute Gasteiger partial charge is 0.319 e. The van der Waals surface area contributed by atoms with Gasteiger partial charge in [-0.15, -0.1) is 0 Å². The maximum Gasteiger partial charge on any atom is 0.319 e. The van der Waals surface area contributed by atoms with E-state index in [1.54, 1.807) is 24.3 Å². The van der Waals surface area contributed by atoms with Crippen LogP contribution in [-0.2, 0) is 4.79 Å². The van der Waals surface area contributed by atoms with Crippen molar-refractivity contribution < 1.29 is 9.59 Å². The first kappa shape index (κ1) is 14.0. The van der Waals surface area contributed by atoms with Crippen molar-refractivity contribution in [3.8, 4) is 0 Å². The molecule has 0 saturated heterocycles. The van der Waals surface area contributed by atoms with Crippen LogP contribution in [-0.4, -0.2) is 25.0 Å². The average molecular weight is 250 g/mol. The molecule has 0 radical (unpaired) electrons. The van der Waals surface area contributed by atoms with Gasteiger partial charge in [-0.1, -0.05) is 6.07 Å². The van der Waals surface area contributed by atoms with E-state index >= 15 is 0 Å². The van der Waals surface area contributed by atoms with Gasteiger partial charge in [0, 0.05) is 30.9 Å². The fourth-order valence-corrected chi connectivity index (χ4v) is 1.37. The molecule has 18 heavy (non-hydrogen) atoms. The van der Waals surface area contributed by atoms with E-state index < -0.39 is 0 Å². The third-order valence-electron chi connectivity index (χ3n) is 2.11. The van der Waals surface area contributed by atoms with E-state index in [1.165, 1.54) is 0 Å². The Kier molecular flexibility index (Phi) is 5.66. The fourth-order valence-electron chi connectivity index (χ4n) is 1.37. The summed E-state index contributed by atoms with van der Waals surface area (Å²) < 4.78 is 0. The minimum Gasteiger partial charge on any atom is -0.338 e. The first-order chi connectivity index (χ1) is 8.65. The topological polar surface area (TPSA) is 96.2 Å². The highest BCUT2D eigenvalue weighted by atomic mass is 16.2. The number of nitrogens with two attached hydrogens (primary N) is 1. The van der Waals surface area contributed by atoms with E-state index in [2.05, 4.69) is 16.0 Å². The summed E-state index contributed by atoms with van der Waals surface area (Å²) in [5, 5.41) is 7.98. The van der Waals surface area contributed by atoms with Crippen LogP contribution in [0.15, 0.2) is 24.3 Å². The van der Waals surface area contributed by atoms with Crippen LogP contribution >= 0.6 is 0 Å². The molecule has 98 valence electrons. The molecule has 0 aromatic heterocycles. The maximum absolute atomic E-state index is 11.4. The highest BCUT2D eigenvalue weighted by Gasteiger charge is 2.03. The molecule has 0 fully saturated rings. The van der Waals surface area contributed by atoms with Crippen molar-refractivity contribution in [2.75, 3.05) is 23.7 Å². The van der Waals surface area contributed by atoms with Gasteiger partial charge in [0.1, 0.15) is 0 Å². The lowest BCUT2D eigenvalue weighted by atomic mass is 10.2. The molecule has 6 heteroatoms. The van der Waals surface area contributed by atoms with Gasteiger partial charge in [0.15, 0.2) is 0 Å². The summed E-state index contributed by atoms with van der Waals surface area (Å²) in [6, 6.07) is 6.65. The average Bonchev–Trinajstić information content (AvgIpc) is 2.29. The Labute approximate surface area is 106 Å². The summed E-state index contributed by atoms with van der Waals surface area (Å²) >= 11 is 0. The van der Waals surface area contributed by atoms with Gasteiger partial charge in [-0.3, -0.25) is 4.79 Å². The van der Waals surface area contributed by atoms with Gasteiger partial charge in [0.05, 0.1) is 0 Å². The molecule has 3 amide bonds. The van der Waals surface area contributed by atoms with Gasteiger partial charge in [-0.05, 0) is 25.1 Å².